The lowest BCUT2D eigenvalue weighted by molar-refractivity contribution is -0.449. The minimum Gasteiger partial charge on any atom is -0.257 e. The largest absolute Gasteiger partial charge is 0.578 e. The van der Waals surface area contributed by atoms with E-state index in [1.807, 2.05) is 0 Å². The first-order valence-corrected chi connectivity index (χ1v) is 8.16. The molecule has 0 unspecified atom stereocenters. The van der Waals surface area contributed by atoms with E-state index in [4.69, 9.17) is 0 Å². The maximum atomic E-state index is 13.1. The predicted octanol–water partition coefficient (Wildman–Crippen LogP) is 7.02. The Balaban J connectivity index is 7.00. The summed E-state index contributed by atoms with van der Waals surface area (Å²) in [6, 6.07) is 0. The van der Waals surface area contributed by atoms with Crippen LogP contribution in [-0.4, -0.2) is 61.8 Å². The van der Waals surface area contributed by atoms with Crippen molar-refractivity contribution >= 4 is 8.74 Å². The number of halogens is 22. The van der Waals surface area contributed by atoms with Crippen LogP contribution >= 0.6 is 0 Å². The zero-order chi connectivity index (χ0) is 27.0. The van der Waals surface area contributed by atoms with Crippen molar-refractivity contribution in [2.75, 3.05) is 0 Å². The highest BCUT2D eigenvalue weighted by molar-refractivity contribution is 6.71. The van der Waals surface area contributed by atoms with Gasteiger partial charge in [0.1, 0.15) is 0 Å². The van der Waals surface area contributed by atoms with Crippen molar-refractivity contribution in [3.63, 3.8) is 0 Å². The maximum Gasteiger partial charge on any atom is 0.578 e. The monoisotopic (exact) mass is 554 g/mol. The molecule has 0 fully saturated rings. The molecule has 0 heterocycles. The molecule has 194 valence electrons. The molecule has 0 nitrogen and oxygen atoms in total. The lowest BCUT2D eigenvalue weighted by Gasteiger charge is -2.43. The minimum atomic E-state index is -10.8. The first-order chi connectivity index (χ1) is 13.2. The van der Waals surface area contributed by atoms with Crippen molar-refractivity contribution < 1.29 is 96.0 Å². The molecule has 0 aromatic rings. The standard InChI is InChI=1S/C9F22Si/c10-1(11,2(12,13)4(16,17)6(20,21)22)3(14,15)5(18,19)8(26,27)32(30,31)9(28,29)7(23,24)25. The Kier molecular flexibility index (Phi) is 6.80. The van der Waals surface area contributed by atoms with Crippen LogP contribution in [0.2, 0.25) is 0 Å². The van der Waals surface area contributed by atoms with E-state index in [1.54, 1.807) is 0 Å². The van der Waals surface area contributed by atoms with E-state index in [-0.39, 0.29) is 0 Å². The van der Waals surface area contributed by atoms with Crippen LogP contribution in [0.3, 0.4) is 0 Å². The van der Waals surface area contributed by atoms with Gasteiger partial charge in [-0.1, -0.05) is 0 Å². The quantitative estimate of drug-likeness (QED) is 0.181. The Bertz CT molecular complexity index is 631. The van der Waals surface area contributed by atoms with Gasteiger partial charge in [-0.3, -0.25) is 8.22 Å². The zero-order valence-electron chi connectivity index (χ0n) is 13.3. The van der Waals surface area contributed by atoms with Gasteiger partial charge >= 0.3 is 61.8 Å². The van der Waals surface area contributed by atoms with Gasteiger partial charge in [-0.25, -0.2) is 0 Å². The summed E-state index contributed by atoms with van der Waals surface area (Å²) in [6.07, 6.45) is -16.0. The number of alkyl halides is 20. The Labute approximate surface area is 159 Å². The fourth-order valence-electron chi connectivity index (χ4n) is 1.54. The summed E-state index contributed by atoms with van der Waals surface area (Å²) >= 11 is 0. The molecule has 0 saturated heterocycles. The van der Waals surface area contributed by atoms with E-state index in [2.05, 4.69) is 0 Å². The third-order valence-electron chi connectivity index (χ3n) is 3.47. The lowest BCUT2D eigenvalue weighted by atomic mass is 9.94. The van der Waals surface area contributed by atoms with E-state index in [0.717, 1.165) is 0 Å². The van der Waals surface area contributed by atoms with Gasteiger partial charge in [0.2, 0.25) is 0 Å². The highest BCUT2D eigenvalue weighted by atomic mass is 28.4. The normalized spacial score (nSPS) is 17.1. The van der Waals surface area contributed by atoms with Crippen LogP contribution in [0.15, 0.2) is 0 Å². The third kappa shape index (κ3) is 3.46. The molecule has 32 heavy (non-hydrogen) atoms. The minimum absolute atomic E-state index is 7.96. The average molecular weight is 554 g/mol. The molecule has 0 bridgehead atoms. The van der Waals surface area contributed by atoms with Crippen LogP contribution in [0.4, 0.5) is 96.0 Å². The van der Waals surface area contributed by atoms with Gasteiger partial charge in [-0.2, -0.15) is 87.8 Å². The van der Waals surface area contributed by atoms with Crippen molar-refractivity contribution in [3.8, 4) is 0 Å². The van der Waals surface area contributed by atoms with E-state index < -0.39 is 61.8 Å². The summed E-state index contributed by atoms with van der Waals surface area (Å²) in [6.45, 7) is 0. The van der Waals surface area contributed by atoms with E-state index in [9.17, 15) is 96.0 Å². The Hall–Kier alpha value is -1.32. The SMILES string of the molecule is FC(F)(F)C(F)(F)C(F)(F)C(F)(F)C(F)(F)C(F)(F)C(F)(F)[Si](F)(F)C(F)(F)C(F)(F)F. The molecule has 0 aliphatic heterocycles. The second kappa shape index (κ2) is 7.09. The highest BCUT2D eigenvalue weighted by Crippen LogP contribution is 2.65. The van der Waals surface area contributed by atoms with Crippen LogP contribution in [0, 0.1) is 0 Å². The number of hydrogen-bond donors (Lipinski definition) is 0. The predicted molar refractivity (Wildman–Crippen MR) is 54.7 cm³/mol. The van der Waals surface area contributed by atoms with Crippen molar-refractivity contribution in [2.45, 2.75) is 53.1 Å². The van der Waals surface area contributed by atoms with E-state index in [0.29, 0.717) is 0 Å². The fourth-order valence-corrected chi connectivity index (χ4v) is 2.84. The van der Waals surface area contributed by atoms with Crippen molar-refractivity contribution in [1.29, 1.82) is 0 Å². The molecule has 23 heteroatoms. The van der Waals surface area contributed by atoms with Crippen LogP contribution in [-0.2, 0) is 0 Å². The van der Waals surface area contributed by atoms with Crippen LogP contribution in [0.1, 0.15) is 0 Å². The Morgan fingerprint density at radius 1 is 0.281 bits per heavy atom. The van der Waals surface area contributed by atoms with Crippen LogP contribution in [0.5, 0.6) is 0 Å². The topological polar surface area (TPSA) is 0 Å². The molecule has 0 atom stereocenters. The molecular weight excluding hydrogens is 554 g/mol. The molecular formula is C9F22Si. The molecule has 0 spiro atoms. The van der Waals surface area contributed by atoms with Crippen LogP contribution < -0.4 is 0 Å². The molecule has 0 N–H and O–H groups in total. The summed E-state index contributed by atoms with van der Waals surface area (Å²) in [5.74, 6) is -44.8. The van der Waals surface area contributed by atoms with Gasteiger partial charge in [0.15, 0.2) is 0 Å². The molecule has 0 aliphatic carbocycles. The summed E-state index contributed by atoms with van der Waals surface area (Å²) in [7, 11) is -10.8. The first-order valence-electron chi connectivity index (χ1n) is 6.41. The molecule has 0 rings (SSSR count). The number of rotatable bonds is 7. The fraction of sp³-hybridized carbons (Fsp3) is 1.00. The van der Waals surface area contributed by atoms with E-state index >= 15 is 0 Å². The molecule has 0 radical (unpaired) electrons. The zero-order valence-corrected chi connectivity index (χ0v) is 14.3. The van der Waals surface area contributed by atoms with Gasteiger partial charge in [-0.15, -0.1) is 0 Å². The van der Waals surface area contributed by atoms with Gasteiger partial charge in [0.25, 0.3) is 0 Å². The average Bonchev–Trinajstić information content (AvgIpc) is 2.51. The first kappa shape index (κ1) is 30.7. The third-order valence-corrected chi connectivity index (χ3v) is 5.65. The van der Waals surface area contributed by atoms with Crippen molar-refractivity contribution in [2.24, 2.45) is 0 Å². The van der Waals surface area contributed by atoms with Gasteiger partial charge in [-0.05, 0) is 0 Å². The van der Waals surface area contributed by atoms with Crippen molar-refractivity contribution in [3.05, 3.63) is 0 Å². The summed E-state index contributed by atoms with van der Waals surface area (Å²) in [5, 5.41) is 0. The Morgan fingerprint density at radius 3 is 0.781 bits per heavy atom. The van der Waals surface area contributed by atoms with Crippen LogP contribution in [0.25, 0.3) is 0 Å². The lowest BCUT2D eigenvalue weighted by Crippen LogP contribution is -2.78. The second-order valence-electron chi connectivity index (χ2n) is 5.59. The molecule has 0 aliphatic rings. The highest BCUT2D eigenvalue weighted by Gasteiger charge is 2.99. The maximum absolute atomic E-state index is 13.1. The smallest absolute Gasteiger partial charge is 0.257 e. The van der Waals surface area contributed by atoms with Gasteiger partial charge < -0.3 is 0 Å². The summed E-state index contributed by atoms with van der Waals surface area (Å²) < 4.78 is 277. The Morgan fingerprint density at radius 2 is 0.531 bits per heavy atom. The molecule has 0 aromatic carbocycles. The second-order valence-corrected chi connectivity index (χ2v) is 8.00. The van der Waals surface area contributed by atoms with E-state index in [1.165, 1.54) is 0 Å². The molecule has 0 aromatic heterocycles. The molecule has 0 amide bonds. The van der Waals surface area contributed by atoms with Gasteiger partial charge in [0.05, 0.1) is 0 Å². The molecule has 0 saturated carbocycles. The summed E-state index contributed by atoms with van der Waals surface area (Å²) in [4.78, 5) is 0. The van der Waals surface area contributed by atoms with Crippen molar-refractivity contribution in [1.82, 2.24) is 0 Å². The van der Waals surface area contributed by atoms with Gasteiger partial charge in [0, 0.05) is 0 Å². The number of hydrogen-bond acceptors (Lipinski definition) is 0. The summed E-state index contributed by atoms with van der Waals surface area (Å²) in [5.41, 5.74) is -17.3.